The minimum absolute atomic E-state index is 0.578. The van der Waals surface area contributed by atoms with E-state index in [9.17, 15) is 0 Å². The molecule has 0 N–H and O–H groups in total. The van der Waals surface area contributed by atoms with Crippen LogP contribution in [0.25, 0.3) is 11.3 Å². The Morgan fingerprint density at radius 2 is 1.68 bits per heavy atom. The number of hydrogen-bond acceptors (Lipinski definition) is 1. The average molecular weight is 352 g/mol. The van der Waals surface area contributed by atoms with E-state index in [4.69, 9.17) is 4.98 Å². The van der Waals surface area contributed by atoms with Crippen LogP contribution in [-0.2, 0) is 6.42 Å². The van der Waals surface area contributed by atoms with E-state index in [0.717, 1.165) is 11.6 Å². The molecule has 0 bridgehead atoms. The lowest BCUT2D eigenvalue weighted by atomic mass is 9.96. The number of aromatic nitrogens is 1. The molecule has 1 fully saturated rings. The van der Waals surface area contributed by atoms with Gasteiger partial charge in [-0.2, -0.15) is 0 Å². The van der Waals surface area contributed by atoms with Crippen molar-refractivity contribution in [2.75, 3.05) is 0 Å². The van der Waals surface area contributed by atoms with Gasteiger partial charge in [-0.3, -0.25) is 4.98 Å². The third-order valence-electron chi connectivity index (χ3n) is 5.65. The summed E-state index contributed by atoms with van der Waals surface area (Å²) in [4.78, 5) is 4.86. The first kappa shape index (κ1) is 18.4. The van der Waals surface area contributed by atoms with Gasteiger partial charge in [0, 0.05) is 11.8 Å². The molecule has 1 nitrogen and oxygen atoms in total. The lowest BCUT2D eigenvalue weighted by Gasteiger charge is -2.23. The summed E-state index contributed by atoms with van der Waals surface area (Å²) in [7, 11) is -1.36. The number of pyridine rings is 1. The van der Waals surface area contributed by atoms with Crippen molar-refractivity contribution < 1.29 is 0 Å². The minimum atomic E-state index is -1.36. The van der Waals surface area contributed by atoms with Crippen molar-refractivity contribution >= 4 is 13.3 Å². The highest BCUT2D eigenvalue weighted by atomic mass is 28.3. The third kappa shape index (κ3) is 4.41. The van der Waals surface area contributed by atoms with Crippen LogP contribution in [-0.4, -0.2) is 13.1 Å². The molecular formula is C23H33NSi. The van der Waals surface area contributed by atoms with Crippen molar-refractivity contribution in [3.63, 3.8) is 0 Å². The van der Waals surface area contributed by atoms with Gasteiger partial charge in [0.2, 0.25) is 0 Å². The standard InChI is InChI=1S/C23H33NSi/c1-17(2)19-10-12-20(13-11-19)22-15-21(14-18-8-6-7-9-18)23(16-24-22)25(3,4)5/h10-13,15-18H,6-9,14H2,1-5H3. The number of rotatable bonds is 5. The van der Waals surface area contributed by atoms with E-state index in [1.165, 1.54) is 43.2 Å². The maximum atomic E-state index is 4.86. The molecule has 0 radical (unpaired) electrons. The molecule has 0 atom stereocenters. The van der Waals surface area contributed by atoms with E-state index < -0.39 is 8.07 Å². The molecule has 0 saturated heterocycles. The van der Waals surface area contributed by atoms with Crippen molar-refractivity contribution in [3.05, 3.63) is 47.7 Å². The van der Waals surface area contributed by atoms with E-state index >= 15 is 0 Å². The Hall–Kier alpha value is -1.41. The molecule has 3 rings (SSSR count). The van der Waals surface area contributed by atoms with Gasteiger partial charge in [0.15, 0.2) is 0 Å². The zero-order valence-electron chi connectivity index (χ0n) is 16.6. The molecule has 0 unspecified atom stereocenters. The average Bonchev–Trinajstić information content (AvgIpc) is 3.07. The summed E-state index contributed by atoms with van der Waals surface area (Å²) in [5, 5.41) is 1.56. The molecule has 1 aliphatic carbocycles. The van der Waals surface area contributed by atoms with E-state index in [1.54, 1.807) is 10.8 Å². The predicted molar refractivity (Wildman–Crippen MR) is 112 cm³/mol. The first-order chi connectivity index (χ1) is 11.8. The van der Waals surface area contributed by atoms with Crippen molar-refractivity contribution in [1.29, 1.82) is 0 Å². The van der Waals surface area contributed by atoms with E-state index in [1.807, 2.05) is 0 Å². The van der Waals surface area contributed by atoms with Gasteiger partial charge in [-0.05, 0) is 40.6 Å². The monoisotopic (exact) mass is 351 g/mol. The molecule has 134 valence electrons. The van der Waals surface area contributed by atoms with Gasteiger partial charge in [-0.25, -0.2) is 0 Å². The van der Waals surface area contributed by atoms with Crippen LogP contribution < -0.4 is 5.19 Å². The topological polar surface area (TPSA) is 12.9 Å². The van der Waals surface area contributed by atoms with Crippen LogP contribution in [0.2, 0.25) is 19.6 Å². The largest absolute Gasteiger partial charge is 0.256 e. The van der Waals surface area contributed by atoms with Crippen LogP contribution in [0.5, 0.6) is 0 Å². The van der Waals surface area contributed by atoms with E-state index in [-0.39, 0.29) is 0 Å². The van der Waals surface area contributed by atoms with Crippen LogP contribution in [0.15, 0.2) is 36.5 Å². The van der Waals surface area contributed by atoms with Gasteiger partial charge < -0.3 is 0 Å². The third-order valence-corrected chi connectivity index (χ3v) is 7.72. The Bertz CT molecular complexity index is 704. The fourth-order valence-corrected chi connectivity index (χ4v) is 5.65. The van der Waals surface area contributed by atoms with Crippen molar-refractivity contribution in [1.82, 2.24) is 4.98 Å². The van der Waals surface area contributed by atoms with Crippen LogP contribution in [0, 0.1) is 5.92 Å². The van der Waals surface area contributed by atoms with Gasteiger partial charge in [0.25, 0.3) is 0 Å². The highest BCUT2D eigenvalue weighted by Crippen LogP contribution is 2.29. The highest BCUT2D eigenvalue weighted by molar-refractivity contribution is 6.89. The van der Waals surface area contributed by atoms with Gasteiger partial charge in [0.05, 0.1) is 13.8 Å². The van der Waals surface area contributed by atoms with Gasteiger partial charge >= 0.3 is 0 Å². The molecule has 1 heterocycles. The van der Waals surface area contributed by atoms with Gasteiger partial charge in [-0.15, -0.1) is 0 Å². The van der Waals surface area contributed by atoms with Crippen LogP contribution in [0.4, 0.5) is 0 Å². The normalized spacial score (nSPS) is 15.9. The summed E-state index contributed by atoms with van der Waals surface area (Å²) < 4.78 is 0. The maximum absolute atomic E-state index is 4.86. The zero-order chi connectivity index (χ0) is 18.0. The highest BCUT2D eigenvalue weighted by Gasteiger charge is 2.24. The van der Waals surface area contributed by atoms with Crippen molar-refractivity contribution in [3.8, 4) is 11.3 Å². The molecule has 0 amide bonds. The second-order valence-corrected chi connectivity index (χ2v) is 14.1. The van der Waals surface area contributed by atoms with E-state index in [0.29, 0.717) is 5.92 Å². The summed E-state index contributed by atoms with van der Waals surface area (Å²) in [5.74, 6) is 1.46. The summed E-state index contributed by atoms with van der Waals surface area (Å²) in [5.41, 5.74) is 5.36. The van der Waals surface area contributed by atoms with Gasteiger partial charge in [0.1, 0.15) is 0 Å². The lowest BCUT2D eigenvalue weighted by Crippen LogP contribution is -2.41. The van der Waals surface area contributed by atoms with Crippen molar-refractivity contribution in [2.24, 2.45) is 5.92 Å². The molecule has 0 spiro atoms. The Kier molecular flexibility index (Phi) is 5.48. The summed E-state index contributed by atoms with van der Waals surface area (Å²) in [6.45, 7) is 11.8. The Morgan fingerprint density at radius 1 is 1.04 bits per heavy atom. The van der Waals surface area contributed by atoms with Crippen LogP contribution >= 0.6 is 0 Å². The summed E-state index contributed by atoms with van der Waals surface area (Å²) >= 11 is 0. The predicted octanol–water partition coefficient (Wildman–Crippen LogP) is 6.15. The molecule has 2 aromatic rings. The lowest BCUT2D eigenvalue weighted by molar-refractivity contribution is 0.547. The zero-order valence-corrected chi connectivity index (χ0v) is 17.6. The Morgan fingerprint density at radius 3 is 2.24 bits per heavy atom. The fourth-order valence-electron chi connectivity index (χ4n) is 4.06. The SMILES string of the molecule is CC(C)c1ccc(-c2cc(CC3CCCC3)c([Si](C)(C)C)cn2)cc1. The molecule has 2 heteroatoms. The van der Waals surface area contributed by atoms with Crippen molar-refractivity contribution in [2.45, 2.75) is 71.5 Å². The van der Waals surface area contributed by atoms with Gasteiger partial charge in [-0.1, -0.05) is 83.4 Å². The van der Waals surface area contributed by atoms with E-state index in [2.05, 4.69) is 70.0 Å². The quantitative estimate of drug-likeness (QED) is 0.589. The molecule has 25 heavy (non-hydrogen) atoms. The molecule has 1 aliphatic rings. The second-order valence-electron chi connectivity index (χ2n) is 9.11. The first-order valence-corrected chi connectivity index (χ1v) is 13.4. The Labute approximate surface area is 154 Å². The molecule has 1 saturated carbocycles. The number of hydrogen-bond donors (Lipinski definition) is 0. The smallest absolute Gasteiger partial charge is 0.0799 e. The molecule has 1 aromatic carbocycles. The van der Waals surface area contributed by atoms with Crippen LogP contribution in [0.3, 0.4) is 0 Å². The summed E-state index contributed by atoms with van der Waals surface area (Å²) in [6, 6.07) is 11.4. The summed E-state index contributed by atoms with van der Waals surface area (Å²) in [6.07, 6.45) is 9.10. The number of benzene rings is 1. The molecular weight excluding hydrogens is 318 g/mol. The number of nitrogens with zero attached hydrogens (tertiary/aromatic N) is 1. The maximum Gasteiger partial charge on any atom is 0.0799 e. The minimum Gasteiger partial charge on any atom is -0.256 e. The molecule has 1 aromatic heterocycles. The second kappa shape index (κ2) is 7.45. The Balaban J connectivity index is 1.94. The molecule has 0 aliphatic heterocycles. The fraction of sp³-hybridized carbons (Fsp3) is 0.522. The van der Waals surface area contributed by atoms with Crippen LogP contribution in [0.1, 0.15) is 56.6 Å². The first-order valence-electron chi connectivity index (χ1n) is 9.94.